The number of carbonyl (C=O) groups is 1. The first kappa shape index (κ1) is 19.9. The zero-order chi connectivity index (χ0) is 18.8. The van der Waals surface area contributed by atoms with Crippen LogP contribution in [0.2, 0.25) is 0 Å². The molecule has 0 spiro atoms. The molecule has 0 heterocycles. The van der Waals surface area contributed by atoms with Gasteiger partial charge in [0.15, 0.2) is 0 Å². The van der Waals surface area contributed by atoms with E-state index in [2.05, 4.69) is 5.32 Å². The zero-order valence-corrected chi connectivity index (χ0v) is 13.1. The lowest BCUT2D eigenvalue weighted by atomic mass is 9.97. The molecule has 1 aromatic rings. The van der Waals surface area contributed by atoms with Crippen LogP contribution in [0.15, 0.2) is 30.5 Å². The second kappa shape index (κ2) is 6.74. The van der Waals surface area contributed by atoms with E-state index < -0.39 is 35.2 Å². The number of amides is 2. The van der Waals surface area contributed by atoms with Gasteiger partial charge in [-0.2, -0.15) is 26.3 Å². The second-order valence-corrected chi connectivity index (χ2v) is 6.09. The summed E-state index contributed by atoms with van der Waals surface area (Å²) in [4.78, 5) is 11.6. The van der Waals surface area contributed by atoms with Crippen molar-refractivity contribution in [2.45, 2.75) is 33.1 Å². The molecule has 0 bridgehead atoms. The minimum absolute atomic E-state index is 0.0113. The van der Waals surface area contributed by atoms with Crippen LogP contribution < -0.4 is 10.6 Å². The molecule has 134 valence electrons. The van der Waals surface area contributed by atoms with Gasteiger partial charge < -0.3 is 10.6 Å². The molecule has 0 aliphatic rings. The van der Waals surface area contributed by atoms with Gasteiger partial charge in [-0.25, -0.2) is 4.79 Å². The fourth-order valence-electron chi connectivity index (χ4n) is 1.56. The van der Waals surface area contributed by atoms with Crippen LogP contribution in [0.25, 0.3) is 0 Å². The standard InChI is InChI=1S/C15H16F6N2O/c1-13(2,3)4-5-22-12(24)23-11-7-9(14(16,17)18)6-10(8-11)15(19,20)21/h4-8H,1-3H3,(H2,22,23,24)/b5-4+. The molecule has 24 heavy (non-hydrogen) atoms. The van der Waals surface area contributed by atoms with Gasteiger partial charge in [-0.15, -0.1) is 0 Å². The van der Waals surface area contributed by atoms with Gasteiger partial charge >= 0.3 is 18.4 Å². The Morgan fingerprint density at radius 1 is 0.917 bits per heavy atom. The minimum atomic E-state index is -4.97. The quantitative estimate of drug-likeness (QED) is 0.686. The van der Waals surface area contributed by atoms with Gasteiger partial charge in [0.05, 0.1) is 11.1 Å². The van der Waals surface area contributed by atoms with Gasteiger partial charge in [0, 0.05) is 11.9 Å². The van der Waals surface area contributed by atoms with E-state index in [1.165, 1.54) is 6.20 Å². The lowest BCUT2D eigenvalue weighted by Gasteiger charge is -2.15. The van der Waals surface area contributed by atoms with Crippen LogP contribution in [0, 0.1) is 5.41 Å². The third-order valence-electron chi connectivity index (χ3n) is 2.64. The van der Waals surface area contributed by atoms with E-state index in [0.29, 0.717) is 12.1 Å². The second-order valence-electron chi connectivity index (χ2n) is 6.09. The lowest BCUT2D eigenvalue weighted by molar-refractivity contribution is -0.143. The molecule has 0 saturated carbocycles. The van der Waals surface area contributed by atoms with Crippen LogP contribution in [0.5, 0.6) is 0 Å². The third kappa shape index (κ3) is 6.51. The molecular formula is C15H16F6N2O. The van der Waals surface area contributed by atoms with Crippen LogP contribution in [-0.2, 0) is 12.4 Å². The van der Waals surface area contributed by atoms with Crippen LogP contribution in [0.3, 0.4) is 0 Å². The molecule has 1 aromatic carbocycles. The first-order chi connectivity index (χ1) is 10.7. The van der Waals surface area contributed by atoms with Crippen LogP contribution >= 0.6 is 0 Å². The Bertz CT molecular complexity index is 594. The Balaban J connectivity index is 3.02. The average molecular weight is 354 g/mol. The highest BCUT2D eigenvalue weighted by molar-refractivity contribution is 5.90. The SMILES string of the molecule is CC(C)(C)/C=C/NC(=O)Nc1cc(C(F)(F)F)cc(C(F)(F)F)c1. The lowest BCUT2D eigenvalue weighted by Crippen LogP contribution is -2.25. The van der Waals surface area contributed by atoms with Gasteiger partial charge in [0.1, 0.15) is 0 Å². The molecule has 1 rings (SSSR count). The Morgan fingerprint density at radius 2 is 1.38 bits per heavy atom. The van der Waals surface area contributed by atoms with Crippen LogP contribution in [0.4, 0.5) is 36.8 Å². The minimum Gasteiger partial charge on any atom is -0.315 e. The van der Waals surface area contributed by atoms with Crippen molar-refractivity contribution < 1.29 is 31.1 Å². The molecule has 0 aliphatic carbocycles. The molecule has 0 atom stereocenters. The first-order valence-corrected chi connectivity index (χ1v) is 6.73. The number of rotatable bonds is 2. The smallest absolute Gasteiger partial charge is 0.315 e. The maximum Gasteiger partial charge on any atom is 0.416 e. The highest BCUT2D eigenvalue weighted by Crippen LogP contribution is 2.37. The predicted molar refractivity (Wildman–Crippen MR) is 77.2 cm³/mol. The van der Waals surface area contributed by atoms with Gasteiger partial charge in [0.25, 0.3) is 0 Å². The number of anilines is 1. The van der Waals surface area contributed by atoms with Gasteiger partial charge in [-0.1, -0.05) is 26.8 Å². The summed E-state index contributed by atoms with van der Waals surface area (Å²) in [6, 6.07) is -0.101. The number of allylic oxidation sites excluding steroid dienone is 1. The Hall–Kier alpha value is -2.19. The van der Waals surface area contributed by atoms with E-state index >= 15 is 0 Å². The van der Waals surface area contributed by atoms with E-state index in [1.807, 2.05) is 26.1 Å². The molecule has 0 radical (unpaired) electrons. The number of hydrogen-bond acceptors (Lipinski definition) is 1. The topological polar surface area (TPSA) is 41.1 Å². The van der Waals surface area contributed by atoms with E-state index in [9.17, 15) is 31.1 Å². The number of urea groups is 1. The zero-order valence-electron chi connectivity index (χ0n) is 13.1. The monoisotopic (exact) mass is 354 g/mol. The van der Waals surface area contributed by atoms with Crippen molar-refractivity contribution in [2.24, 2.45) is 5.41 Å². The van der Waals surface area contributed by atoms with Crippen molar-refractivity contribution in [1.82, 2.24) is 5.32 Å². The van der Waals surface area contributed by atoms with Gasteiger partial charge in [-0.05, 0) is 23.6 Å². The Morgan fingerprint density at radius 3 is 1.75 bits per heavy atom. The normalized spacial score (nSPS) is 13.2. The number of hydrogen-bond donors (Lipinski definition) is 2. The summed E-state index contributed by atoms with van der Waals surface area (Å²) in [6.07, 6.45) is -7.08. The Kier molecular flexibility index (Phi) is 5.58. The molecule has 0 unspecified atom stereocenters. The van der Waals surface area contributed by atoms with Gasteiger partial charge in [-0.3, -0.25) is 0 Å². The maximum absolute atomic E-state index is 12.7. The predicted octanol–water partition coefficient (Wildman–Crippen LogP) is 5.41. The third-order valence-corrected chi connectivity index (χ3v) is 2.64. The molecule has 0 aromatic heterocycles. The molecule has 2 amide bonds. The summed E-state index contributed by atoms with van der Waals surface area (Å²) >= 11 is 0. The molecule has 3 nitrogen and oxygen atoms in total. The number of halogens is 6. The number of benzene rings is 1. The van der Waals surface area contributed by atoms with Gasteiger partial charge in [0.2, 0.25) is 0 Å². The molecule has 0 fully saturated rings. The van der Waals surface area contributed by atoms with E-state index in [4.69, 9.17) is 0 Å². The van der Waals surface area contributed by atoms with E-state index in [0.717, 1.165) is 0 Å². The van der Waals surface area contributed by atoms with E-state index in [-0.39, 0.29) is 11.5 Å². The molecule has 0 saturated heterocycles. The van der Waals surface area contributed by atoms with Crippen molar-refractivity contribution >= 4 is 11.7 Å². The number of carbonyl (C=O) groups excluding carboxylic acids is 1. The van der Waals surface area contributed by atoms with Crippen LogP contribution in [0.1, 0.15) is 31.9 Å². The number of nitrogens with one attached hydrogen (secondary N) is 2. The summed E-state index contributed by atoms with van der Waals surface area (Å²) in [5.74, 6) is 0. The summed E-state index contributed by atoms with van der Waals surface area (Å²) in [5, 5.41) is 4.16. The van der Waals surface area contributed by atoms with Crippen molar-refractivity contribution in [3.63, 3.8) is 0 Å². The van der Waals surface area contributed by atoms with Crippen molar-refractivity contribution in [1.29, 1.82) is 0 Å². The molecule has 0 aliphatic heterocycles. The summed E-state index contributed by atoms with van der Waals surface area (Å²) < 4.78 is 76.2. The largest absolute Gasteiger partial charge is 0.416 e. The molecular weight excluding hydrogens is 338 g/mol. The molecule has 2 N–H and O–H groups in total. The highest BCUT2D eigenvalue weighted by atomic mass is 19.4. The highest BCUT2D eigenvalue weighted by Gasteiger charge is 2.37. The molecule has 9 heteroatoms. The van der Waals surface area contributed by atoms with Crippen molar-refractivity contribution in [3.05, 3.63) is 41.6 Å². The van der Waals surface area contributed by atoms with E-state index in [1.54, 1.807) is 6.08 Å². The maximum atomic E-state index is 12.7. The fraction of sp³-hybridized carbons (Fsp3) is 0.400. The first-order valence-electron chi connectivity index (χ1n) is 6.73. The average Bonchev–Trinajstić information content (AvgIpc) is 2.34. The summed E-state index contributed by atoms with van der Waals surface area (Å²) in [7, 11) is 0. The fourth-order valence-corrected chi connectivity index (χ4v) is 1.56. The van der Waals surface area contributed by atoms with Crippen LogP contribution in [-0.4, -0.2) is 6.03 Å². The van der Waals surface area contributed by atoms with Crippen molar-refractivity contribution in [3.8, 4) is 0 Å². The number of alkyl halides is 6. The summed E-state index contributed by atoms with van der Waals surface area (Å²) in [5.41, 5.74) is -3.87. The van der Waals surface area contributed by atoms with Crippen molar-refractivity contribution in [2.75, 3.05) is 5.32 Å². The summed E-state index contributed by atoms with van der Waals surface area (Å²) in [6.45, 7) is 5.52. The Labute approximate surface area is 134 Å².